The van der Waals surface area contributed by atoms with Crippen LogP contribution < -0.4 is 10.9 Å². The number of aromatic hydroxyl groups is 3. The minimum Gasteiger partial charge on any atom is -0.504 e. The molecule has 20 heavy (non-hydrogen) atoms. The maximum atomic E-state index is 11.7. The zero-order chi connectivity index (χ0) is 14.7. The van der Waals surface area contributed by atoms with Crippen molar-refractivity contribution >= 4 is 11.8 Å². The lowest BCUT2D eigenvalue weighted by molar-refractivity contribution is 0.0830. The van der Waals surface area contributed by atoms with Gasteiger partial charge in [0.1, 0.15) is 0 Å². The number of benzene rings is 1. The number of carbonyl (C=O) groups excluding carboxylic acids is 2. The van der Waals surface area contributed by atoms with Gasteiger partial charge in [0.2, 0.25) is 0 Å². The van der Waals surface area contributed by atoms with E-state index in [1.165, 1.54) is 18.4 Å². The fourth-order valence-corrected chi connectivity index (χ4v) is 1.39. The average molecular weight is 278 g/mol. The molecular weight excluding hydrogens is 268 g/mol. The van der Waals surface area contributed by atoms with Crippen molar-refractivity contribution in [3.05, 3.63) is 41.9 Å². The summed E-state index contributed by atoms with van der Waals surface area (Å²) < 4.78 is 4.81. The molecule has 2 rings (SSSR count). The van der Waals surface area contributed by atoms with Gasteiger partial charge < -0.3 is 19.7 Å². The number of phenolic OH excluding ortho intramolecular Hbond substituents is 3. The number of carbonyl (C=O) groups is 2. The van der Waals surface area contributed by atoms with Gasteiger partial charge in [0.05, 0.1) is 6.26 Å². The zero-order valence-electron chi connectivity index (χ0n) is 9.95. The van der Waals surface area contributed by atoms with Crippen LogP contribution in [0.2, 0.25) is 0 Å². The van der Waals surface area contributed by atoms with Crippen molar-refractivity contribution < 1.29 is 29.3 Å². The molecule has 1 heterocycles. The summed E-state index contributed by atoms with van der Waals surface area (Å²) in [5.41, 5.74) is 3.98. The first-order chi connectivity index (χ1) is 9.49. The molecule has 0 saturated heterocycles. The molecular formula is C12H10N2O6. The van der Waals surface area contributed by atoms with Gasteiger partial charge in [0, 0.05) is 5.56 Å². The molecule has 0 atom stereocenters. The van der Waals surface area contributed by atoms with E-state index in [1.54, 1.807) is 0 Å². The number of furan rings is 1. The second-order valence-corrected chi connectivity index (χ2v) is 3.75. The van der Waals surface area contributed by atoms with Gasteiger partial charge in [-0.3, -0.25) is 20.4 Å². The molecule has 1 aromatic carbocycles. The van der Waals surface area contributed by atoms with Crippen LogP contribution in [0.3, 0.4) is 0 Å². The molecule has 0 aliphatic carbocycles. The Morgan fingerprint density at radius 3 is 2.15 bits per heavy atom. The molecule has 0 aliphatic rings. The maximum absolute atomic E-state index is 11.7. The fraction of sp³-hybridized carbons (Fsp3) is 0. The SMILES string of the molecule is O=C(NNC(=O)c1ccco1)c1cc(O)c(O)c(O)c1. The molecule has 0 saturated carbocycles. The molecule has 2 amide bonds. The van der Waals surface area contributed by atoms with Crippen LogP contribution in [0, 0.1) is 0 Å². The predicted octanol–water partition coefficient (Wildman–Crippen LogP) is 0.471. The Labute approximate surface area is 112 Å². The molecule has 0 spiro atoms. The lowest BCUT2D eigenvalue weighted by Crippen LogP contribution is -2.41. The predicted molar refractivity (Wildman–Crippen MR) is 65.1 cm³/mol. The van der Waals surface area contributed by atoms with E-state index in [4.69, 9.17) is 9.52 Å². The Balaban J connectivity index is 2.04. The van der Waals surface area contributed by atoms with Crippen molar-refractivity contribution in [3.63, 3.8) is 0 Å². The van der Waals surface area contributed by atoms with Crippen LogP contribution in [-0.2, 0) is 0 Å². The monoisotopic (exact) mass is 278 g/mol. The topological polar surface area (TPSA) is 132 Å². The molecule has 0 fully saturated rings. The van der Waals surface area contributed by atoms with Gasteiger partial charge in [-0.2, -0.15) is 0 Å². The minimum absolute atomic E-state index is 0.00157. The molecule has 0 radical (unpaired) electrons. The van der Waals surface area contributed by atoms with Crippen molar-refractivity contribution in [3.8, 4) is 17.2 Å². The van der Waals surface area contributed by atoms with E-state index in [-0.39, 0.29) is 11.3 Å². The Bertz CT molecular complexity index is 627. The van der Waals surface area contributed by atoms with Crippen LogP contribution in [0.5, 0.6) is 17.2 Å². The quantitative estimate of drug-likeness (QED) is 0.401. The molecule has 2 aromatic rings. The van der Waals surface area contributed by atoms with Crippen LogP contribution in [-0.4, -0.2) is 27.1 Å². The van der Waals surface area contributed by atoms with Gasteiger partial charge in [-0.05, 0) is 24.3 Å². The van der Waals surface area contributed by atoms with Gasteiger partial charge >= 0.3 is 5.91 Å². The maximum Gasteiger partial charge on any atom is 0.305 e. The van der Waals surface area contributed by atoms with Crippen LogP contribution in [0.4, 0.5) is 0 Å². The number of hydrazine groups is 1. The molecule has 8 nitrogen and oxygen atoms in total. The summed E-state index contributed by atoms with van der Waals surface area (Å²) in [6.07, 6.45) is 1.30. The van der Waals surface area contributed by atoms with E-state index in [0.717, 1.165) is 12.1 Å². The highest BCUT2D eigenvalue weighted by molar-refractivity contribution is 5.98. The number of nitrogens with one attached hydrogen (secondary N) is 2. The molecule has 0 unspecified atom stereocenters. The van der Waals surface area contributed by atoms with Crippen LogP contribution >= 0.6 is 0 Å². The average Bonchev–Trinajstić information content (AvgIpc) is 2.95. The van der Waals surface area contributed by atoms with Crippen molar-refractivity contribution in [2.75, 3.05) is 0 Å². The van der Waals surface area contributed by atoms with Gasteiger partial charge in [-0.15, -0.1) is 0 Å². The third kappa shape index (κ3) is 2.64. The Morgan fingerprint density at radius 1 is 1.00 bits per heavy atom. The smallest absolute Gasteiger partial charge is 0.305 e. The van der Waals surface area contributed by atoms with Crippen molar-refractivity contribution in [2.45, 2.75) is 0 Å². The standard InChI is InChI=1S/C12H10N2O6/c15-7-4-6(5-8(16)10(7)17)11(18)13-14-12(19)9-2-1-3-20-9/h1-5,15-17H,(H,13,18)(H,14,19). The van der Waals surface area contributed by atoms with Crippen LogP contribution in [0.1, 0.15) is 20.9 Å². The molecule has 0 bridgehead atoms. The fourth-order valence-electron chi connectivity index (χ4n) is 1.39. The summed E-state index contributed by atoms with van der Waals surface area (Å²) >= 11 is 0. The van der Waals surface area contributed by atoms with E-state index in [2.05, 4.69) is 10.9 Å². The Kier molecular flexibility index (Phi) is 3.47. The molecule has 104 valence electrons. The summed E-state index contributed by atoms with van der Waals surface area (Å²) in [4.78, 5) is 23.1. The third-order valence-corrected chi connectivity index (χ3v) is 2.37. The third-order valence-electron chi connectivity index (χ3n) is 2.37. The first-order valence-electron chi connectivity index (χ1n) is 5.38. The van der Waals surface area contributed by atoms with Gasteiger partial charge in [-0.25, -0.2) is 0 Å². The first kappa shape index (κ1) is 13.3. The highest BCUT2D eigenvalue weighted by Gasteiger charge is 2.15. The number of amides is 2. The van der Waals surface area contributed by atoms with E-state index in [1.807, 2.05) is 0 Å². The molecule has 5 N–H and O–H groups in total. The largest absolute Gasteiger partial charge is 0.504 e. The zero-order valence-corrected chi connectivity index (χ0v) is 9.95. The summed E-state index contributed by atoms with van der Waals surface area (Å²) in [6.45, 7) is 0. The highest BCUT2D eigenvalue weighted by atomic mass is 16.3. The Hall–Kier alpha value is -3.16. The molecule has 1 aromatic heterocycles. The second kappa shape index (κ2) is 5.22. The first-order valence-corrected chi connectivity index (χ1v) is 5.38. The van der Waals surface area contributed by atoms with Crippen molar-refractivity contribution in [1.29, 1.82) is 0 Å². The summed E-state index contributed by atoms with van der Waals surface area (Å²) in [7, 11) is 0. The summed E-state index contributed by atoms with van der Waals surface area (Å²) in [5, 5.41) is 27.7. The lowest BCUT2D eigenvalue weighted by atomic mass is 10.2. The number of phenols is 3. The van der Waals surface area contributed by atoms with Crippen LogP contribution in [0.25, 0.3) is 0 Å². The summed E-state index contributed by atoms with van der Waals surface area (Å²) in [6, 6.07) is 4.78. The number of hydrogen-bond acceptors (Lipinski definition) is 6. The Morgan fingerprint density at radius 2 is 1.60 bits per heavy atom. The van der Waals surface area contributed by atoms with E-state index < -0.39 is 29.1 Å². The summed E-state index contributed by atoms with van der Waals surface area (Å²) in [5.74, 6) is -3.52. The van der Waals surface area contributed by atoms with E-state index >= 15 is 0 Å². The molecule has 8 heteroatoms. The van der Waals surface area contributed by atoms with Gasteiger partial charge in [0.15, 0.2) is 23.0 Å². The lowest BCUT2D eigenvalue weighted by Gasteiger charge is -2.07. The second-order valence-electron chi connectivity index (χ2n) is 3.75. The van der Waals surface area contributed by atoms with Gasteiger partial charge in [-0.1, -0.05) is 0 Å². The van der Waals surface area contributed by atoms with Gasteiger partial charge in [0.25, 0.3) is 5.91 Å². The minimum atomic E-state index is -0.796. The number of rotatable bonds is 2. The van der Waals surface area contributed by atoms with Crippen molar-refractivity contribution in [2.24, 2.45) is 0 Å². The molecule has 0 aliphatic heterocycles. The van der Waals surface area contributed by atoms with Crippen LogP contribution in [0.15, 0.2) is 34.9 Å². The normalized spacial score (nSPS) is 10.0. The number of hydrogen-bond donors (Lipinski definition) is 5. The van der Waals surface area contributed by atoms with E-state index in [9.17, 15) is 19.8 Å². The van der Waals surface area contributed by atoms with Crippen molar-refractivity contribution in [1.82, 2.24) is 10.9 Å². The van der Waals surface area contributed by atoms with E-state index in [0.29, 0.717) is 0 Å². The highest BCUT2D eigenvalue weighted by Crippen LogP contribution is 2.35.